The number of nitrogens with one attached hydrogen (secondary N) is 1. The molecule has 1 N–H and O–H groups in total. The zero-order valence-electron chi connectivity index (χ0n) is 18.4. The molecule has 31 heavy (non-hydrogen) atoms. The summed E-state index contributed by atoms with van der Waals surface area (Å²) >= 11 is 0. The molecule has 6 heteroatoms. The fourth-order valence-electron chi connectivity index (χ4n) is 6.01. The van der Waals surface area contributed by atoms with Crippen molar-refractivity contribution in [3.05, 3.63) is 59.7 Å². The predicted molar refractivity (Wildman–Crippen MR) is 121 cm³/mol. The van der Waals surface area contributed by atoms with Crippen LogP contribution in [0.4, 0.5) is 0 Å². The van der Waals surface area contributed by atoms with Crippen LogP contribution in [-0.2, 0) is 18.9 Å². The molecule has 2 unspecified atom stereocenters. The molecule has 2 aromatic carbocycles. The van der Waals surface area contributed by atoms with Crippen LogP contribution in [0.1, 0.15) is 48.7 Å². The average molecular weight is 414 g/mol. The van der Waals surface area contributed by atoms with Gasteiger partial charge in [0, 0.05) is 30.6 Å². The van der Waals surface area contributed by atoms with E-state index >= 15 is 0 Å². The molecule has 2 aliphatic rings. The first-order chi connectivity index (χ1) is 14.8. The van der Waals surface area contributed by atoms with Crippen LogP contribution in [0.5, 0.6) is 0 Å². The number of piperidine rings is 1. The van der Waals surface area contributed by atoms with Gasteiger partial charge in [-0.05, 0) is 59.7 Å². The number of carbonyl (C=O) groups excluding carboxylic acids is 1. The van der Waals surface area contributed by atoms with Crippen molar-refractivity contribution < 1.29 is 4.79 Å². The highest BCUT2D eigenvalue weighted by Gasteiger charge is 2.57. The summed E-state index contributed by atoms with van der Waals surface area (Å²) in [7, 11) is 2.04. The van der Waals surface area contributed by atoms with Crippen LogP contribution in [-0.4, -0.2) is 42.9 Å². The van der Waals surface area contributed by atoms with Gasteiger partial charge in [0.2, 0.25) is 0 Å². The Morgan fingerprint density at radius 2 is 1.97 bits per heavy atom. The number of rotatable bonds is 1. The topological polar surface area (TPSA) is 66.8 Å². The van der Waals surface area contributed by atoms with Crippen molar-refractivity contribution in [3.63, 3.8) is 0 Å². The highest BCUT2D eigenvalue weighted by Crippen LogP contribution is 2.56. The van der Waals surface area contributed by atoms with E-state index in [-0.39, 0.29) is 22.8 Å². The van der Waals surface area contributed by atoms with Gasteiger partial charge in [-0.2, -0.15) is 0 Å². The minimum atomic E-state index is -0.0472. The van der Waals surface area contributed by atoms with E-state index in [4.69, 9.17) is 0 Å². The number of benzene rings is 2. The molecule has 1 amide bonds. The van der Waals surface area contributed by atoms with E-state index in [0.29, 0.717) is 0 Å². The molecule has 1 aliphatic heterocycles. The third-order valence-corrected chi connectivity index (χ3v) is 8.37. The number of hydrogen-bond donors (Lipinski definition) is 1. The number of aromatic nitrogens is 4. The van der Waals surface area contributed by atoms with Crippen LogP contribution in [0.25, 0.3) is 22.1 Å². The number of hydrogen-bond acceptors (Lipinski definition) is 3. The van der Waals surface area contributed by atoms with Crippen molar-refractivity contribution in [2.45, 2.75) is 45.1 Å². The van der Waals surface area contributed by atoms with E-state index in [1.54, 1.807) is 6.33 Å². The lowest BCUT2D eigenvalue weighted by Gasteiger charge is -2.60. The molecule has 0 saturated carbocycles. The fraction of sp³-hybridized carbons (Fsp3) is 0.400. The van der Waals surface area contributed by atoms with Crippen LogP contribution in [0, 0.1) is 5.41 Å². The molecular formula is C25H27N5O. The Labute approximate surface area is 181 Å². The SMILES string of the molecule is Cn1cnc2cc3c(cc21)CC1N(C(=O)c2ccc4nc[nH]c4c2)CCC3(C)C1(C)C. The van der Waals surface area contributed by atoms with Gasteiger partial charge in [-0.1, -0.05) is 20.8 Å². The predicted octanol–water partition coefficient (Wildman–Crippen LogP) is 4.20. The van der Waals surface area contributed by atoms with Crippen molar-refractivity contribution in [2.75, 3.05) is 6.54 Å². The van der Waals surface area contributed by atoms with Gasteiger partial charge >= 0.3 is 0 Å². The number of carbonyl (C=O) groups is 1. The van der Waals surface area contributed by atoms with Crippen LogP contribution >= 0.6 is 0 Å². The number of nitrogens with zero attached hydrogens (tertiary/aromatic N) is 4. The maximum atomic E-state index is 13.7. The first-order valence-corrected chi connectivity index (χ1v) is 11.0. The summed E-state index contributed by atoms with van der Waals surface area (Å²) in [5, 5.41) is 0. The molecule has 1 fully saturated rings. The molecule has 0 radical (unpaired) electrons. The van der Waals surface area contributed by atoms with E-state index in [0.717, 1.165) is 47.0 Å². The Morgan fingerprint density at radius 1 is 1.13 bits per heavy atom. The van der Waals surface area contributed by atoms with Crippen LogP contribution in [0.15, 0.2) is 43.0 Å². The summed E-state index contributed by atoms with van der Waals surface area (Å²) in [5.74, 6) is 0.113. The first kappa shape index (κ1) is 18.6. The van der Waals surface area contributed by atoms with Crippen molar-refractivity contribution in [1.82, 2.24) is 24.4 Å². The van der Waals surface area contributed by atoms with E-state index < -0.39 is 0 Å². The minimum Gasteiger partial charge on any atom is -0.345 e. The Morgan fingerprint density at radius 3 is 2.81 bits per heavy atom. The van der Waals surface area contributed by atoms with Gasteiger partial charge in [0.1, 0.15) is 0 Å². The summed E-state index contributed by atoms with van der Waals surface area (Å²) in [6.45, 7) is 7.82. The summed E-state index contributed by atoms with van der Waals surface area (Å²) in [4.78, 5) is 27.8. The Hall–Kier alpha value is -3.15. The molecule has 3 heterocycles. The van der Waals surface area contributed by atoms with Crippen molar-refractivity contribution in [3.8, 4) is 0 Å². The summed E-state index contributed by atoms with van der Waals surface area (Å²) < 4.78 is 2.08. The second-order valence-electron chi connectivity index (χ2n) is 10.0. The number of aryl methyl sites for hydroxylation is 1. The summed E-state index contributed by atoms with van der Waals surface area (Å²) in [5.41, 5.74) is 7.44. The Balaban J connectivity index is 1.45. The highest BCUT2D eigenvalue weighted by atomic mass is 16.2. The molecule has 1 saturated heterocycles. The standard InChI is InChI=1S/C25H27N5O/c1-24(2)22-11-16-10-21-20(28-14-29(21)4)12-17(16)25(24,3)7-8-30(22)23(31)15-5-6-18-19(9-15)27-13-26-18/h5-6,9-10,12-14,22H,7-8,11H2,1-4H3,(H,26,27). The van der Waals surface area contributed by atoms with Crippen molar-refractivity contribution in [2.24, 2.45) is 12.5 Å². The third-order valence-electron chi connectivity index (χ3n) is 8.37. The molecule has 6 nitrogen and oxygen atoms in total. The first-order valence-electron chi connectivity index (χ1n) is 11.0. The molecular weight excluding hydrogens is 386 g/mol. The van der Waals surface area contributed by atoms with E-state index in [1.165, 1.54) is 11.1 Å². The highest BCUT2D eigenvalue weighted by molar-refractivity contribution is 5.97. The Bertz CT molecular complexity index is 1360. The molecule has 2 bridgehead atoms. The second kappa shape index (κ2) is 5.96. The largest absolute Gasteiger partial charge is 0.345 e. The zero-order valence-corrected chi connectivity index (χ0v) is 18.4. The van der Waals surface area contributed by atoms with Gasteiger partial charge in [-0.25, -0.2) is 9.97 Å². The summed E-state index contributed by atoms with van der Waals surface area (Å²) in [6, 6.07) is 10.5. The van der Waals surface area contributed by atoms with Gasteiger partial charge in [0.25, 0.3) is 5.91 Å². The number of likely N-dealkylation sites (tertiary alicyclic amines) is 1. The smallest absolute Gasteiger partial charge is 0.254 e. The zero-order chi connectivity index (χ0) is 21.5. The van der Waals surface area contributed by atoms with Gasteiger partial charge in [0.05, 0.1) is 34.7 Å². The molecule has 2 atom stereocenters. The molecule has 4 aromatic rings. The van der Waals surface area contributed by atoms with Crippen LogP contribution in [0.2, 0.25) is 0 Å². The minimum absolute atomic E-state index is 0.00106. The third kappa shape index (κ3) is 2.36. The Kier molecular flexibility index (Phi) is 3.58. The molecule has 1 aliphatic carbocycles. The number of fused-ring (bicyclic) bond motifs is 6. The normalized spacial score (nSPS) is 24.5. The number of aromatic amines is 1. The number of amides is 1. The van der Waals surface area contributed by atoms with E-state index in [2.05, 4.69) is 57.3 Å². The monoisotopic (exact) mass is 413 g/mol. The van der Waals surface area contributed by atoms with Crippen LogP contribution < -0.4 is 0 Å². The maximum Gasteiger partial charge on any atom is 0.254 e. The van der Waals surface area contributed by atoms with Gasteiger partial charge in [-0.15, -0.1) is 0 Å². The van der Waals surface area contributed by atoms with Crippen LogP contribution in [0.3, 0.4) is 0 Å². The second-order valence-corrected chi connectivity index (χ2v) is 10.0. The lowest BCUT2D eigenvalue weighted by Crippen LogP contribution is -2.64. The van der Waals surface area contributed by atoms with Gasteiger partial charge < -0.3 is 14.5 Å². The molecule has 6 rings (SSSR count). The molecule has 158 valence electrons. The van der Waals surface area contributed by atoms with Gasteiger partial charge in [-0.3, -0.25) is 4.79 Å². The molecule has 2 aromatic heterocycles. The van der Waals surface area contributed by atoms with Crippen molar-refractivity contribution >= 4 is 28.0 Å². The van der Waals surface area contributed by atoms with E-state index in [9.17, 15) is 4.79 Å². The number of imidazole rings is 2. The average Bonchev–Trinajstić information content (AvgIpc) is 3.35. The van der Waals surface area contributed by atoms with Gasteiger partial charge in [0.15, 0.2) is 0 Å². The lowest BCUT2D eigenvalue weighted by molar-refractivity contribution is -0.0261. The fourth-order valence-corrected chi connectivity index (χ4v) is 6.01. The summed E-state index contributed by atoms with van der Waals surface area (Å²) in [6.07, 6.45) is 5.37. The quantitative estimate of drug-likeness (QED) is 0.508. The van der Waals surface area contributed by atoms with Crippen molar-refractivity contribution in [1.29, 1.82) is 0 Å². The lowest BCUT2D eigenvalue weighted by atomic mass is 9.51. The number of H-pyrrole nitrogens is 1. The molecule has 0 spiro atoms. The van der Waals surface area contributed by atoms with E-state index in [1.807, 2.05) is 31.6 Å². The maximum absolute atomic E-state index is 13.7.